The fourth-order valence-electron chi connectivity index (χ4n) is 2.11. The zero-order valence-electron chi connectivity index (χ0n) is 13.8. The number of nitrogens with zero attached hydrogens (tertiary/aromatic N) is 5. The number of rotatable bonds is 6. The van der Waals surface area contributed by atoms with Crippen molar-refractivity contribution < 1.29 is 4.79 Å². The van der Waals surface area contributed by atoms with Crippen molar-refractivity contribution in [2.75, 3.05) is 5.75 Å². The van der Waals surface area contributed by atoms with Gasteiger partial charge >= 0.3 is 0 Å². The van der Waals surface area contributed by atoms with E-state index in [1.807, 2.05) is 35.9 Å². The Morgan fingerprint density at radius 3 is 2.88 bits per heavy atom. The molecule has 3 aromatic rings. The number of halogens is 1. The van der Waals surface area contributed by atoms with Gasteiger partial charge in [-0.1, -0.05) is 39.8 Å². The molecule has 1 N–H and O–H groups in total. The van der Waals surface area contributed by atoms with E-state index in [0.29, 0.717) is 5.16 Å². The zero-order chi connectivity index (χ0) is 18.4. The normalized spacial score (nSPS) is 11.0. The number of carbonyl (C=O) groups excluding carboxylic acids is 1. The van der Waals surface area contributed by atoms with E-state index in [4.69, 9.17) is 0 Å². The van der Waals surface area contributed by atoms with Crippen LogP contribution in [0.2, 0.25) is 0 Å². The van der Waals surface area contributed by atoms with Crippen LogP contribution in [0, 0.1) is 0 Å². The molecule has 2 aromatic heterocycles. The van der Waals surface area contributed by atoms with Gasteiger partial charge in [0.2, 0.25) is 0 Å². The Labute approximate surface area is 163 Å². The van der Waals surface area contributed by atoms with E-state index in [-0.39, 0.29) is 11.7 Å². The fourth-order valence-corrected chi connectivity index (χ4v) is 3.21. The molecule has 0 unspecified atom stereocenters. The van der Waals surface area contributed by atoms with Crippen LogP contribution < -0.4 is 5.43 Å². The number of thioether (sulfide) groups is 1. The van der Waals surface area contributed by atoms with E-state index in [2.05, 4.69) is 41.6 Å². The molecular weight excluding hydrogens is 416 g/mol. The highest BCUT2D eigenvalue weighted by Crippen LogP contribution is 2.24. The van der Waals surface area contributed by atoms with Gasteiger partial charge in [-0.15, -0.1) is 10.2 Å². The second-order valence-electron chi connectivity index (χ2n) is 5.24. The van der Waals surface area contributed by atoms with Crippen molar-refractivity contribution >= 4 is 39.8 Å². The Balaban J connectivity index is 1.56. The summed E-state index contributed by atoms with van der Waals surface area (Å²) in [4.78, 5) is 15.8. The number of pyridine rings is 1. The van der Waals surface area contributed by atoms with Gasteiger partial charge in [0.15, 0.2) is 11.0 Å². The van der Waals surface area contributed by atoms with E-state index in [9.17, 15) is 4.79 Å². The van der Waals surface area contributed by atoms with Crippen LogP contribution >= 0.6 is 27.7 Å². The molecular formula is C17H15BrN6OS. The molecule has 2 heterocycles. The average Bonchev–Trinajstić information content (AvgIpc) is 3.01. The van der Waals surface area contributed by atoms with Crippen molar-refractivity contribution in [3.63, 3.8) is 0 Å². The lowest BCUT2D eigenvalue weighted by molar-refractivity contribution is -0.118. The van der Waals surface area contributed by atoms with Crippen LogP contribution in [0.1, 0.15) is 5.56 Å². The summed E-state index contributed by atoms with van der Waals surface area (Å²) in [6.07, 6.45) is 4.89. The SMILES string of the molecule is Cn1c(SCC(=O)NN=Cc2ccncc2)nnc1-c1cccc(Br)c1. The smallest absolute Gasteiger partial charge is 0.250 e. The molecule has 0 aliphatic rings. The van der Waals surface area contributed by atoms with Crippen LogP contribution in [0.5, 0.6) is 0 Å². The van der Waals surface area contributed by atoms with Crippen molar-refractivity contribution in [2.24, 2.45) is 12.1 Å². The van der Waals surface area contributed by atoms with Gasteiger partial charge in [-0.05, 0) is 29.8 Å². The Kier molecular flexibility index (Phi) is 6.13. The van der Waals surface area contributed by atoms with E-state index >= 15 is 0 Å². The Bertz CT molecular complexity index is 928. The Morgan fingerprint density at radius 2 is 2.12 bits per heavy atom. The van der Waals surface area contributed by atoms with Crippen molar-refractivity contribution in [1.29, 1.82) is 0 Å². The van der Waals surface area contributed by atoms with Crippen LogP contribution in [0.3, 0.4) is 0 Å². The van der Waals surface area contributed by atoms with Crippen LogP contribution in [0.15, 0.2) is 63.5 Å². The van der Waals surface area contributed by atoms with Gasteiger partial charge < -0.3 is 4.57 Å². The molecule has 0 aliphatic heterocycles. The summed E-state index contributed by atoms with van der Waals surface area (Å²) >= 11 is 4.75. The minimum atomic E-state index is -0.215. The summed E-state index contributed by atoms with van der Waals surface area (Å²) in [5.74, 6) is 0.718. The predicted molar refractivity (Wildman–Crippen MR) is 105 cm³/mol. The van der Waals surface area contributed by atoms with Gasteiger partial charge in [0.1, 0.15) is 0 Å². The number of benzene rings is 1. The van der Waals surface area contributed by atoms with Gasteiger partial charge in [0.25, 0.3) is 5.91 Å². The number of nitrogens with one attached hydrogen (secondary N) is 1. The molecule has 132 valence electrons. The van der Waals surface area contributed by atoms with Crippen LogP contribution in [0.25, 0.3) is 11.4 Å². The molecule has 0 saturated heterocycles. The van der Waals surface area contributed by atoms with Gasteiger partial charge in [-0.3, -0.25) is 9.78 Å². The average molecular weight is 431 g/mol. The second kappa shape index (κ2) is 8.72. The molecule has 0 saturated carbocycles. The fraction of sp³-hybridized carbons (Fsp3) is 0.118. The van der Waals surface area contributed by atoms with E-state index in [0.717, 1.165) is 21.4 Å². The second-order valence-corrected chi connectivity index (χ2v) is 7.10. The molecule has 0 aliphatic carbocycles. The van der Waals surface area contributed by atoms with Crippen molar-refractivity contribution in [3.05, 3.63) is 58.8 Å². The van der Waals surface area contributed by atoms with Gasteiger partial charge in [-0.2, -0.15) is 5.10 Å². The number of hydrogen-bond donors (Lipinski definition) is 1. The van der Waals surface area contributed by atoms with Crippen molar-refractivity contribution in [2.45, 2.75) is 5.16 Å². The largest absolute Gasteiger partial charge is 0.305 e. The Hall–Kier alpha value is -2.52. The van der Waals surface area contributed by atoms with Gasteiger partial charge in [0.05, 0.1) is 12.0 Å². The molecule has 7 nitrogen and oxygen atoms in total. The molecule has 9 heteroatoms. The molecule has 0 fully saturated rings. The van der Waals surface area contributed by atoms with Gasteiger partial charge in [-0.25, -0.2) is 5.43 Å². The highest BCUT2D eigenvalue weighted by molar-refractivity contribution is 9.10. The molecule has 1 amide bonds. The van der Waals surface area contributed by atoms with E-state index < -0.39 is 0 Å². The summed E-state index contributed by atoms with van der Waals surface area (Å²) in [6.45, 7) is 0. The summed E-state index contributed by atoms with van der Waals surface area (Å²) in [6, 6.07) is 11.4. The summed E-state index contributed by atoms with van der Waals surface area (Å²) in [7, 11) is 1.87. The minimum absolute atomic E-state index is 0.193. The standard InChI is InChI=1S/C17H15BrN6OS/c1-24-16(13-3-2-4-14(18)9-13)22-23-17(24)26-11-15(25)21-20-10-12-5-7-19-8-6-12/h2-10H,11H2,1H3,(H,21,25). The third-order valence-corrected chi connectivity index (χ3v) is 4.87. The monoisotopic (exact) mass is 430 g/mol. The first-order valence-corrected chi connectivity index (χ1v) is 9.41. The number of aromatic nitrogens is 4. The lowest BCUT2D eigenvalue weighted by Crippen LogP contribution is -2.19. The molecule has 0 spiro atoms. The van der Waals surface area contributed by atoms with Crippen LogP contribution in [0.4, 0.5) is 0 Å². The van der Waals surface area contributed by atoms with E-state index in [1.165, 1.54) is 11.8 Å². The molecule has 0 radical (unpaired) electrons. The molecule has 3 rings (SSSR count). The summed E-state index contributed by atoms with van der Waals surface area (Å²) in [5, 5.41) is 13.0. The maximum Gasteiger partial charge on any atom is 0.250 e. The number of hydrazone groups is 1. The summed E-state index contributed by atoms with van der Waals surface area (Å²) in [5.41, 5.74) is 4.30. The Morgan fingerprint density at radius 1 is 1.31 bits per heavy atom. The third kappa shape index (κ3) is 4.77. The molecule has 26 heavy (non-hydrogen) atoms. The van der Waals surface area contributed by atoms with Gasteiger partial charge in [0, 0.05) is 29.5 Å². The topological polar surface area (TPSA) is 85.1 Å². The van der Waals surface area contributed by atoms with Crippen molar-refractivity contribution in [1.82, 2.24) is 25.2 Å². The van der Waals surface area contributed by atoms with E-state index in [1.54, 1.807) is 30.7 Å². The first kappa shape index (κ1) is 18.3. The number of carbonyl (C=O) groups is 1. The first-order valence-electron chi connectivity index (χ1n) is 7.63. The maximum atomic E-state index is 11.9. The van der Waals surface area contributed by atoms with Crippen LogP contribution in [-0.2, 0) is 11.8 Å². The van der Waals surface area contributed by atoms with Crippen molar-refractivity contribution in [3.8, 4) is 11.4 Å². The third-order valence-electron chi connectivity index (χ3n) is 3.36. The molecule has 0 atom stereocenters. The maximum absolute atomic E-state index is 11.9. The highest BCUT2D eigenvalue weighted by Gasteiger charge is 2.12. The predicted octanol–water partition coefficient (Wildman–Crippen LogP) is 2.88. The minimum Gasteiger partial charge on any atom is -0.305 e. The molecule has 0 bridgehead atoms. The highest BCUT2D eigenvalue weighted by atomic mass is 79.9. The van der Waals surface area contributed by atoms with Crippen LogP contribution in [-0.4, -0.2) is 37.6 Å². The quantitative estimate of drug-likeness (QED) is 0.369. The number of amides is 1. The summed E-state index contributed by atoms with van der Waals surface area (Å²) < 4.78 is 2.83. The number of hydrogen-bond acceptors (Lipinski definition) is 6. The lowest BCUT2D eigenvalue weighted by Gasteiger charge is -2.04. The zero-order valence-corrected chi connectivity index (χ0v) is 16.2. The lowest BCUT2D eigenvalue weighted by atomic mass is 10.2. The molecule has 1 aromatic carbocycles. The first-order chi connectivity index (χ1) is 12.6.